The lowest BCUT2D eigenvalue weighted by molar-refractivity contribution is 0.0389. The summed E-state index contributed by atoms with van der Waals surface area (Å²) in [5, 5.41) is 0. The lowest BCUT2D eigenvalue weighted by Gasteiger charge is -2.38. The molecular formula is C24H23F2N5O2. The van der Waals surface area contributed by atoms with Gasteiger partial charge in [-0.2, -0.15) is 0 Å². The number of piperidine rings is 1. The number of aromatic nitrogens is 4. The highest BCUT2D eigenvalue weighted by Gasteiger charge is 2.53. The number of rotatable bonds is 6. The first-order valence-corrected chi connectivity index (χ1v) is 10.9. The fourth-order valence-electron chi connectivity index (χ4n) is 4.87. The van der Waals surface area contributed by atoms with Crippen molar-refractivity contribution in [1.29, 1.82) is 0 Å². The van der Waals surface area contributed by atoms with Crippen LogP contribution in [0.1, 0.15) is 47.3 Å². The van der Waals surface area contributed by atoms with Gasteiger partial charge in [0.25, 0.3) is 12.3 Å². The van der Waals surface area contributed by atoms with Gasteiger partial charge < -0.3 is 9.64 Å². The van der Waals surface area contributed by atoms with Gasteiger partial charge in [-0.25, -0.2) is 23.7 Å². The van der Waals surface area contributed by atoms with E-state index in [2.05, 4.69) is 19.9 Å². The van der Waals surface area contributed by atoms with Crippen LogP contribution in [0.3, 0.4) is 0 Å². The minimum absolute atomic E-state index is 0.153. The van der Waals surface area contributed by atoms with Gasteiger partial charge in [0.1, 0.15) is 12.3 Å². The standard InChI is InChI=1S/C24H23F2N5O2/c1-15-9-18(22-27-7-2-8-28-22)20(30-11-15)23(32)31-13-16-5-6-24(31,10-16)14-33-19-4-3-17(12-29-19)21(25)26/h2-4,7-9,11-12,16,21H,5-6,10,13-14H2,1H3. The first-order chi connectivity index (χ1) is 15.9. The summed E-state index contributed by atoms with van der Waals surface area (Å²) in [5.41, 5.74) is 1.20. The van der Waals surface area contributed by atoms with Gasteiger partial charge in [-0.1, -0.05) is 0 Å². The van der Waals surface area contributed by atoms with Crippen LogP contribution in [0.25, 0.3) is 11.4 Å². The van der Waals surface area contributed by atoms with Crippen molar-refractivity contribution in [3.63, 3.8) is 0 Å². The number of hydrogen-bond donors (Lipinski definition) is 0. The molecule has 0 aromatic carbocycles. The molecule has 1 aliphatic carbocycles. The predicted octanol–water partition coefficient (Wildman–Crippen LogP) is 4.25. The molecule has 3 aromatic rings. The van der Waals surface area contributed by atoms with E-state index < -0.39 is 12.0 Å². The highest BCUT2D eigenvalue weighted by Crippen LogP contribution is 2.47. The van der Waals surface area contributed by atoms with E-state index in [9.17, 15) is 13.6 Å². The highest BCUT2D eigenvalue weighted by atomic mass is 19.3. The molecule has 9 heteroatoms. The van der Waals surface area contributed by atoms with Gasteiger partial charge in [0.2, 0.25) is 5.88 Å². The molecule has 3 aromatic heterocycles. The molecule has 5 rings (SSSR count). The number of carbonyl (C=O) groups is 1. The molecule has 2 fully saturated rings. The lowest BCUT2D eigenvalue weighted by atomic mass is 9.97. The number of hydrogen-bond acceptors (Lipinski definition) is 6. The Bertz CT molecular complexity index is 1160. The zero-order chi connectivity index (χ0) is 23.0. The Morgan fingerprint density at radius 2 is 2.03 bits per heavy atom. The van der Waals surface area contributed by atoms with Crippen LogP contribution in [0.5, 0.6) is 5.88 Å². The number of fused-ring (bicyclic) bond motifs is 2. The molecule has 2 aliphatic rings. The van der Waals surface area contributed by atoms with Crippen molar-refractivity contribution in [3.05, 3.63) is 65.9 Å². The molecular weight excluding hydrogens is 428 g/mol. The van der Waals surface area contributed by atoms with Gasteiger partial charge in [0.15, 0.2) is 5.82 Å². The van der Waals surface area contributed by atoms with E-state index in [0.717, 1.165) is 31.0 Å². The predicted molar refractivity (Wildman–Crippen MR) is 116 cm³/mol. The summed E-state index contributed by atoms with van der Waals surface area (Å²) in [6.07, 6.45) is 6.14. The number of alkyl halides is 2. The molecule has 0 N–H and O–H groups in total. The fourth-order valence-corrected chi connectivity index (χ4v) is 4.87. The number of ether oxygens (including phenoxy) is 1. The van der Waals surface area contributed by atoms with E-state index in [-0.39, 0.29) is 24.0 Å². The number of halogens is 2. The summed E-state index contributed by atoms with van der Waals surface area (Å²) in [6.45, 7) is 2.79. The number of likely N-dealkylation sites (tertiary alicyclic amines) is 1. The average molecular weight is 451 g/mol. The number of nitrogens with zero attached hydrogens (tertiary/aromatic N) is 5. The van der Waals surface area contributed by atoms with Crippen molar-refractivity contribution >= 4 is 5.91 Å². The summed E-state index contributed by atoms with van der Waals surface area (Å²) >= 11 is 0. The third kappa shape index (κ3) is 4.03. The first-order valence-electron chi connectivity index (χ1n) is 10.9. The van der Waals surface area contributed by atoms with Crippen LogP contribution in [0, 0.1) is 12.8 Å². The van der Waals surface area contributed by atoms with Crippen molar-refractivity contribution in [1.82, 2.24) is 24.8 Å². The second-order valence-electron chi connectivity index (χ2n) is 8.75. The van der Waals surface area contributed by atoms with E-state index in [1.165, 1.54) is 12.1 Å². The van der Waals surface area contributed by atoms with E-state index in [0.29, 0.717) is 29.5 Å². The Hall–Kier alpha value is -3.49. The fraction of sp³-hybridized carbons (Fsp3) is 0.375. The molecule has 1 aliphatic heterocycles. The Labute approximate surface area is 189 Å². The van der Waals surface area contributed by atoms with Crippen molar-refractivity contribution < 1.29 is 18.3 Å². The zero-order valence-electron chi connectivity index (χ0n) is 18.1. The molecule has 4 heterocycles. The number of amides is 1. The molecule has 7 nitrogen and oxygen atoms in total. The molecule has 2 bridgehead atoms. The van der Waals surface area contributed by atoms with Crippen LogP contribution in [0.15, 0.2) is 49.1 Å². The van der Waals surface area contributed by atoms with Crippen LogP contribution < -0.4 is 4.74 Å². The van der Waals surface area contributed by atoms with Gasteiger partial charge in [-0.05, 0) is 55.9 Å². The summed E-state index contributed by atoms with van der Waals surface area (Å²) in [5.74, 6) is 0.941. The molecule has 0 spiro atoms. The molecule has 1 saturated carbocycles. The summed E-state index contributed by atoms with van der Waals surface area (Å²) in [7, 11) is 0. The smallest absolute Gasteiger partial charge is 0.273 e. The summed E-state index contributed by atoms with van der Waals surface area (Å²) < 4.78 is 31.5. The zero-order valence-corrected chi connectivity index (χ0v) is 18.1. The normalized spacial score (nSPS) is 21.6. The van der Waals surface area contributed by atoms with Crippen LogP contribution in [-0.4, -0.2) is 49.4 Å². The third-order valence-electron chi connectivity index (χ3n) is 6.48. The molecule has 170 valence electrons. The van der Waals surface area contributed by atoms with E-state index in [1.807, 2.05) is 17.9 Å². The second-order valence-corrected chi connectivity index (χ2v) is 8.75. The quantitative estimate of drug-likeness (QED) is 0.557. The van der Waals surface area contributed by atoms with Gasteiger partial charge in [0.05, 0.1) is 11.1 Å². The van der Waals surface area contributed by atoms with E-state index >= 15 is 0 Å². The maximum absolute atomic E-state index is 13.7. The average Bonchev–Trinajstić information content (AvgIpc) is 3.42. The largest absolute Gasteiger partial charge is 0.475 e. The van der Waals surface area contributed by atoms with Gasteiger partial charge in [0, 0.05) is 43.0 Å². The minimum atomic E-state index is -2.58. The summed E-state index contributed by atoms with van der Waals surface area (Å²) in [4.78, 5) is 32.7. The van der Waals surface area contributed by atoms with Crippen LogP contribution in [0.4, 0.5) is 8.78 Å². The lowest BCUT2D eigenvalue weighted by Crippen LogP contribution is -2.52. The molecule has 0 radical (unpaired) electrons. The Morgan fingerprint density at radius 1 is 1.21 bits per heavy atom. The van der Waals surface area contributed by atoms with E-state index in [1.54, 1.807) is 24.7 Å². The molecule has 2 unspecified atom stereocenters. The number of carbonyl (C=O) groups excluding carboxylic acids is 1. The second kappa shape index (κ2) is 8.46. The topological polar surface area (TPSA) is 81.1 Å². The van der Waals surface area contributed by atoms with Crippen molar-refractivity contribution in [3.8, 4) is 17.3 Å². The van der Waals surface area contributed by atoms with Gasteiger partial charge >= 0.3 is 0 Å². The van der Waals surface area contributed by atoms with E-state index in [4.69, 9.17) is 4.74 Å². The van der Waals surface area contributed by atoms with Gasteiger partial charge in [-0.15, -0.1) is 0 Å². The third-order valence-corrected chi connectivity index (χ3v) is 6.48. The van der Waals surface area contributed by atoms with Crippen molar-refractivity contribution in [2.75, 3.05) is 13.2 Å². The monoisotopic (exact) mass is 451 g/mol. The minimum Gasteiger partial charge on any atom is -0.475 e. The van der Waals surface area contributed by atoms with Crippen LogP contribution >= 0.6 is 0 Å². The number of aryl methyl sites for hydroxylation is 1. The summed E-state index contributed by atoms with van der Waals surface area (Å²) in [6, 6.07) is 6.35. The Kier molecular flexibility index (Phi) is 5.47. The van der Waals surface area contributed by atoms with Crippen molar-refractivity contribution in [2.24, 2.45) is 5.92 Å². The SMILES string of the molecule is Cc1cnc(C(=O)N2CC3CCC2(COc2ccc(C(F)F)cn2)C3)c(-c2ncccn2)c1. The maximum Gasteiger partial charge on any atom is 0.273 e. The highest BCUT2D eigenvalue weighted by molar-refractivity contribution is 5.99. The molecule has 2 atom stereocenters. The Morgan fingerprint density at radius 3 is 2.73 bits per heavy atom. The number of pyridine rings is 2. The molecule has 1 amide bonds. The van der Waals surface area contributed by atoms with Crippen molar-refractivity contribution in [2.45, 2.75) is 38.2 Å². The maximum atomic E-state index is 13.7. The van der Waals surface area contributed by atoms with Crippen LogP contribution in [-0.2, 0) is 0 Å². The van der Waals surface area contributed by atoms with Crippen LogP contribution in [0.2, 0.25) is 0 Å². The van der Waals surface area contributed by atoms with Gasteiger partial charge in [-0.3, -0.25) is 9.78 Å². The molecule has 1 saturated heterocycles. The Balaban J connectivity index is 1.41. The first kappa shape index (κ1) is 21.4. The molecule has 33 heavy (non-hydrogen) atoms.